The third kappa shape index (κ3) is 2.94. The van der Waals surface area contributed by atoms with Crippen LogP contribution < -0.4 is 9.70 Å². The zero-order valence-electron chi connectivity index (χ0n) is 12.9. The summed E-state index contributed by atoms with van der Waals surface area (Å²) in [7, 11) is 6.07. The fourth-order valence-corrected chi connectivity index (χ4v) is 3.16. The highest BCUT2D eigenvalue weighted by atomic mass is 32.1. The van der Waals surface area contributed by atoms with Gasteiger partial charge in [-0.05, 0) is 29.8 Å². The van der Waals surface area contributed by atoms with E-state index >= 15 is 0 Å². The number of thiazole rings is 1. The molecule has 0 aliphatic carbocycles. The monoisotopic (exact) mass is 310 g/mol. The van der Waals surface area contributed by atoms with Gasteiger partial charge >= 0.3 is 0 Å². The highest BCUT2D eigenvalue weighted by Gasteiger charge is 2.00. The zero-order valence-corrected chi connectivity index (χ0v) is 13.7. The molecule has 0 bridgehead atoms. The standard InChI is InChI=1S/C17H18N4S/c1-20(2)14-10-8-13(9-11-14)12-18-19-17-21(3)15-6-4-5-7-16(15)22-17/h4-12H,1-3H3/b18-12-,19-17-. The maximum Gasteiger partial charge on any atom is 0.211 e. The number of para-hydroxylation sites is 1. The molecule has 0 saturated carbocycles. The van der Waals surface area contributed by atoms with Crippen molar-refractivity contribution in [3.63, 3.8) is 0 Å². The van der Waals surface area contributed by atoms with Crippen molar-refractivity contribution in [2.75, 3.05) is 19.0 Å². The van der Waals surface area contributed by atoms with Gasteiger partial charge in [-0.25, -0.2) is 0 Å². The van der Waals surface area contributed by atoms with E-state index in [2.05, 4.69) is 43.9 Å². The normalized spacial score (nSPS) is 12.4. The van der Waals surface area contributed by atoms with E-state index in [0.29, 0.717) is 0 Å². The Kier molecular flexibility index (Phi) is 4.06. The molecule has 0 aliphatic heterocycles. The minimum absolute atomic E-state index is 0.891. The summed E-state index contributed by atoms with van der Waals surface area (Å²) >= 11 is 1.64. The van der Waals surface area contributed by atoms with Crippen molar-refractivity contribution in [2.45, 2.75) is 0 Å². The predicted octanol–water partition coefficient (Wildman–Crippen LogP) is 3.24. The third-order valence-electron chi connectivity index (χ3n) is 3.47. The second kappa shape index (κ2) is 6.15. The molecule has 0 saturated heterocycles. The Morgan fingerprint density at radius 3 is 2.45 bits per heavy atom. The van der Waals surface area contributed by atoms with Gasteiger partial charge in [-0.3, -0.25) is 0 Å². The molecule has 0 N–H and O–H groups in total. The molecule has 1 heterocycles. The molecule has 22 heavy (non-hydrogen) atoms. The molecule has 0 aliphatic rings. The molecule has 0 unspecified atom stereocenters. The van der Waals surface area contributed by atoms with Crippen LogP contribution in [0, 0.1) is 0 Å². The number of aryl methyl sites for hydroxylation is 1. The van der Waals surface area contributed by atoms with Crippen LogP contribution in [-0.2, 0) is 7.05 Å². The summed E-state index contributed by atoms with van der Waals surface area (Å²) in [5.41, 5.74) is 3.39. The van der Waals surface area contributed by atoms with Crippen molar-refractivity contribution in [3.8, 4) is 0 Å². The Hall–Kier alpha value is -2.40. The molecule has 2 aromatic carbocycles. The summed E-state index contributed by atoms with van der Waals surface area (Å²) in [5.74, 6) is 0. The van der Waals surface area contributed by atoms with Gasteiger partial charge < -0.3 is 9.47 Å². The average Bonchev–Trinajstić information content (AvgIpc) is 2.85. The Morgan fingerprint density at radius 1 is 1.05 bits per heavy atom. The zero-order chi connectivity index (χ0) is 15.5. The van der Waals surface area contributed by atoms with Gasteiger partial charge in [0.1, 0.15) is 0 Å². The van der Waals surface area contributed by atoms with E-state index in [1.165, 1.54) is 15.9 Å². The summed E-state index contributed by atoms with van der Waals surface area (Å²) in [6.45, 7) is 0. The molecule has 5 heteroatoms. The van der Waals surface area contributed by atoms with Gasteiger partial charge in [0.2, 0.25) is 4.80 Å². The van der Waals surface area contributed by atoms with Gasteiger partial charge in [0.05, 0.1) is 16.4 Å². The summed E-state index contributed by atoms with van der Waals surface area (Å²) < 4.78 is 3.28. The second-order valence-corrected chi connectivity index (χ2v) is 6.25. The van der Waals surface area contributed by atoms with Crippen molar-refractivity contribution in [1.82, 2.24) is 4.57 Å². The third-order valence-corrected chi connectivity index (χ3v) is 4.58. The fraction of sp³-hybridized carbons (Fsp3) is 0.176. The first kappa shape index (κ1) is 14.5. The van der Waals surface area contributed by atoms with E-state index < -0.39 is 0 Å². The lowest BCUT2D eigenvalue weighted by Crippen LogP contribution is -2.09. The first-order chi connectivity index (χ1) is 10.6. The van der Waals surface area contributed by atoms with E-state index in [1.807, 2.05) is 45.4 Å². The number of rotatable bonds is 3. The van der Waals surface area contributed by atoms with Crippen LogP contribution in [-0.4, -0.2) is 24.9 Å². The highest BCUT2D eigenvalue weighted by Crippen LogP contribution is 2.15. The molecular weight excluding hydrogens is 292 g/mol. The van der Waals surface area contributed by atoms with E-state index in [0.717, 1.165) is 10.4 Å². The van der Waals surface area contributed by atoms with Crippen LogP contribution in [0.4, 0.5) is 5.69 Å². The molecule has 1 aromatic heterocycles. The average molecular weight is 310 g/mol. The molecule has 0 fully saturated rings. The molecule has 3 aromatic rings. The van der Waals surface area contributed by atoms with Gasteiger partial charge in [0.15, 0.2) is 0 Å². The lowest BCUT2D eigenvalue weighted by Gasteiger charge is -2.11. The summed E-state index contributed by atoms with van der Waals surface area (Å²) in [5, 5.41) is 8.55. The topological polar surface area (TPSA) is 32.9 Å². The number of aromatic nitrogens is 1. The lowest BCUT2D eigenvalue weighted by atomic mass is 10.2. The molecule has 0 spiro atoms. The Bertz CT molecular complexity index is 870. The Labute approximate surface area is 133 Å². The summed E-state index contributed by atoms with van der Waals surface area (Å²) in [6.07, 6.45) is 1.78. The van der Waals surface area contributed by atoms with Crippen LogP contribution in [0.1, 0.15) is 5.56 Å². The highest BCUT2D eigenvalue weighted by molar-refractivity contribution is 7.16. The van der Waals surface area contributed by atoms with Gasteiger partial charge in [-0.15, -0.1) is 5.10 Å². The second-order valence-electron chi connectivity index (χ2n) is 5.24. The van der Waals surface area contributed by atoms with E-state index in [4.69, 9.17) is 0 Å². The predicted molar refractivity (Wildman–Crippen MR) is 94.7 cm³/mol. The lowest BCUT2D eigenvalue weighted by molar-refractivity contribution is 0.889. The number of benzene rings is 2. The Balaban J connectivity index is 1.87. The maximum atomic E-state index is 4.34. The number of anilines is 1. The van der Waals surface area contributed by atoms with Crippen LogP contribution in [0.15, 0.2) is 58.7 Å². The van der Waals surface area contributed by atoms with Crippen molar-refractivity contribution in [1.29, 1.82) is 0 Å². The van der Waals surface area contributed by atoms with Crippen LogP contribution in [0.2, 0.25) is 0 Å². The van der Waals surface area contributed by atoms with Crippen LogP contribution in [0.3, 0.4) is 0 Å². The first-order valence-corrected chi connectivity index (χ1v) is 7.86. The SMILES string of the molecule is CN(C)c1ccc(/C=N\N=c2/sc3ccccc3n2C)cc1. The largest absolute Gasteiger partial charge is 0.378 e. The molecule has 112 valence electrons. The molecule has 0 radical (unpaired) electrons. The van der Waals surface area contributed by atoms with Crippen LogP contribution in [0.5, 0.6) is 0 Å². The molecule has 3 rings (SSSR count). The summed E-state index contributed by atoms with van der Waals surface area (Å²) in [4.78, 5) is 2.96. The number of fused-ring (bicyclic) bond motifs is 1. The fourth-order valence-electron chi connectivity index (χ4n) is 2.18. The van der Waals surface area contributed by atoms with Crippen molar-refractivity contribution in [2.24, 2.45) is 17.3 Å². The molecular formula is C17H18N4S. The van der Waals surface area contributed by atoms with Gasteiger partial charge in [0.25, 0.3) is 0 Å². The minimum atomic E-state index is 0.891. The smallest absolute Gasteiger partial charge is 0.211 e. The Morgan fingerprint density at radius 2 is 1.77 bits per heavy atom. The number of hydrogen-bond acceptors (Lipinski definition) is 4. The van der Waals surface area contributed by atoms with Crippen molar-refractivity contribution in [3.05, 3.63) is 58.9 Å². The number of hydrogen-bond donors (Lipinski definition) is 0. The van der Waals surface area contributed by atoms with Gasteiger partial charge in [-0.2, -0.15) is 5.10 Å². The molecule has 4 nitrogen and oxygen atoms in total. The quantitative estimate of drug-likeness (QED) is 0.540. The van der Waals surface area contributed by atoms with Gasteiger partial charge in [-0.1, -0.05) is 35.6 Å². The first-order valence-electron chi connectivity index (χ1n) is 7.04. The van der Waals surface area contributed by atoms with Crippen LogP contribution in [0.25, 0.3) is 10.2 Å². The summed E-state index contributed by atoms with van der Waals surface area (Å²) in [6, 6.07) is 16.5. The molecule has 0 amide bonds. The van der Waals surface area contributed by atoms with E-state index in [-0.39, 0.29) is 0 Å². The van der Waals surface area contributed by atoms with Crippen LogP contribution >= 0.6 is 11.3 Å². The van der Waals surface area contributed by atoms with E-state index in [1.54, 1.807) is 17.6 Å². The molecule has 0 atom stereocenters. The maximum absolute atomic E-state index is 4.34. The number of nitrogens with zero attached hydrogens (tertiary/aromatic N) is 4. The van der Waals surface area contributed by atoms with E-state index in [9.17, 15) is 0 Å². The van der Waals surface area contributed by atoms with Crippen molar-refractivity contribution < 1.29 is 0 Å². The minimum Gasteiger partial charge on any atom is -0.378 e. The van der Waals surface area contributed by atoms with Crippen molar-refractivity contribution >= 4 is 33.5 Å². The van der Waals surface area contributed by atoms with Gasteiger partial charge in [0, 0.05) is 26.8 Å².